The van der Waals surface area contributed by atoms with Crippen LogP contribution in [0.2, 0.25) is 0 Å². The van der Waals surface area contributed by atoms with E-state index >= 15 is 0 Å². The molecular formula is C15H12F3NO2. The van der Waals surface area contributed by atoms with Crippen LogP contribution in [0.1, 0.15) is 21.5 Å². The van der Waals surface area contributed by atoms with Crippen molar-refractivity contribution in [3.8, 4) is 0 Å². The summed E-state index contributed by atoms with van der Waals surface area (Å²) in [5.74, 6) is -3.71. The Morgan fingerprint density at radius 3 is 2.52 bits per heavy atom. The van der Waals surface area contributed by atoms with Crippen LogP contribution in [0, 0.1) is 24.4 Å². The fourth-order valence-electron chi connectivity index (χ4n) is 1.76. The second-order valence-electron chi connectivity index (χ2n) is 4.50. The number of carbonyl (C=O) groups excluding carboxylic acids is 1. The molecule has 0 saturated carbocycles. The Bertz CT molecular complexity index is 702. The Morgan fingerprint density at radius 1 is 1.14 bits per heavy atom. The predicted octanol–water partition coefficient (Wildman–Crippen LogP) is 3.35. The molecule has 2 aromatic rings. The molecule has 21 heavy (non-hydrogen) atoms. The van der Waals surface area contributed by atoms with E-state index in [1.165, 1.54) is 12.1 Å². The number of benzene rings is 2. The fraction of sp³-hybridized carbons (Fsp3) is 0.133. The fourth-order valence-corrected chi connectivity index (χ4v) is 1.76. The van der Waals surface area contributed by atoms with Gasteiger partial charge in [-0.05, 0) is 36.2 Å². The quantitative estimate of drug-likeness (QED) is 0.698. The van der Waals surface area contributed by atoms with Gasteiger partial charge in [0, 0.05) is 11.8 Å². The zero-order valence-corrected chi connectivity index (χ0v) is 11.1. The number of hydrogen-bond acceptors (Lipinski definition) is 3. The summed E-state index contributed by atoms with van der Waals surface area (Å²) in [6, 6.07) is 5.44. The molecule has 0 bridgehead atoms. The van der Waals surface area contributed by atoms with E-state index in [-0.39, 0.29) is 17.9 Å². The lowest BCUT2D eigenvalue weighted by Gasteiger charge is -2.09. The van der Waals surface area contributed by atoms with Gasteiger partial charge in [-0.25, -0.2) is 18.0 Å². The Morgan fingerprint density at radius 2 is 1.81 bits per heavy atom. The van der Waals surface area contributed by atoms with Crippen LogP contribution in [0.15, 0.2) is 30.3 Å². The van der Waals surface area contributed by atoms with Crippen molar-refractivity contribution in [2.24, 2.45) is 0 Å². The van der Waals surface area contributed by atoms with Gasteiger partial charge in [0.25, 0.3) is 0 Å². The lowest BCUT2D eigenvalue weighted by molar-refractivity contribution is 0.0472. The minimum Gasteiger partial charge on any atom is -0.457 e. The Hall–Kier alpha value is -2.50. The van der Waals surface area contributed by atoms with Gasteiger partial charge in [-0.15, -0.1) is 0 Å². The van der Waals surface area contributed by atoms with Crippen LogP contribution < -0.4 is 5.73 Å². The number of rotatable bonds is 3. The first-order valence-electron chi connectivity index (χ1n) is 6.05. The summed E-state index contributed by atoms with van der Waals surface area (Å²) >= 11 is 0. The van der Waals surface area contributed by atoms with Crippen LogP contribution in [0.25, 0.3) is 0 Å². The van der Waals surface area contributed by atoms with Crippen molar-refractivity contribution in [2.75, 3.05) is 5.73 Å². The van der Waals surface area contributed by atoms with Crippen molar-refractivity contribution in [1.29, 1.82) is 0 Å². The summed E-state index contributed by atoms with van der Waals surface area (Å²) in [5.41, 5.74) is 6.16. The molecule has 0 amide bonds. The van der Waals surface area contributed by atoms with Crippen LogP contribution in [-0.4, -0.2) is 5.97 Å². The molecular weight excluding hydrogens is 283 g/mol. The van der Waals surface area contributed by atoms with E-state index in [1.807, 2.05) is 0 Å². The van der Waals surface area contributed by atoms with E-state index in [2.05, 4.69) is 0 Å². The topological polar surface area (TPSA) is 52.3 Å². The number of hydrogen-bond donors (Lipinski definition) is 1. The van der Waals surface area contributed by atoms with Gasteiger partial charge in [0.05, 0.1) is 5.56 Å². The highest BCUT2D eigenvalue weighted by Gasteiger charge is 2.16. The normalized spacial score (nSPS) is 10.5. The van der Waals surface area contributed by atoms with Crippen LogP contribution in [0.5, 0.6) is 0 Å². The largest absolute Gasteiger partial charge is 0.457 e. The van der Waals surface area contributed by atoms with E-state index in [9.17, 15) is 18.0 Å². The highest BCUT2D eigenvalue weighted by molar-refractivity contribution is 5.95. The van der Waals surface area contributed by atoms with Crippen LogP contribution in [0.3, 0.4) is 0 Å². The molecule has 0 aliphatic carbocycles. The van der Waals surface area contributed by atoms with Crippen molar-refractivity contribution >= 4 is 11.7 Å². The van der Waals surface area contributed by atoms with Crippen molar-refractivity contribution < 1.29 is 22.7 Å². The Labute approximate surface area is 119 Å². The van der Waals surface area contributed by atoms with Gasteiger partial charge >= 0.3 is 5.97 Å². The third-order valence-electron chi connectivity index (χ3n) is 2.98. The first kappa shape index (κ1) is 14.9. The molecule has 0 heterocycles. The number of nitrogen functional groups attached to an aromatic ring is 1. The minimum atomic E-state index is -1.20. The molecule has 6 heteroatoms. The smallest absolute Gasteiger partial charge is 0.340 e. The summed E-state index contributed by atoms with van der Waals surface area (Å²) in [6.07, 6.45) is 0. The molecule has 0 saturated heterocycles. The third kappa shape index (κ3) is 3.34. The lowest BCUT2D eigenvalue weighted by Crippen LogP contribution is -2.10. The second kappa shape index (κ2) is 5.87. The van der Waals surface area contributed by atoms with E-state index in [0.29, 0.717) is 17.7 Å². The van der Waals surface area contributed by atoms with Gasteiger partial charge in [-0.2, -0.15) is 0 Å². The summed E-state index contributed by atoms with van der Waals surface area (Å²) in [4.78, 5) is 11.8. The standard InChI is InChI=1S/C15H12F3NO2/c1-8-2-3-10(16)4-9(8)7-21-15(20)11-5-12(17)13(18)6-14(11)19/h2-6H,7,19H2,1H3. The van der Waals surface area contributed by atoms with E-state index < -0.39 is 23.4 Å². The van der Waals surface area contributed by atoms with Gasteiger partial charge in [0.15, 0.2) is 11.6 Å². The summed E-state index contributed by atoms with van der Waals surface area (Å²) < 4.78 is 44.1. The second-order valence-corrected chi connectivity index (χ2v) is 4.50. The molecule has 2 N–H and O–H groups in total. The number of nitrogens with two attached hydrogens (primary N) is 1. The molecule has 0 fully saturated rings. The molecule has 2 rings (SSSR count). The zero-order valence-electron chi connectivity index (χ0n) is 11.1. The highest BCUT2D eigenvalue weighted by atomic mass is 19.2. The van der Waals surface area contributed by atoms with Crippen LogP contribution >= 0.6 is 0 Å². The highest BCUT2D eigenvalue weighted by Crippen LogP contribution is 2.19. The molecule has 2 aromatic carbocycles. The maximum atomic E-state index is 13.1. The number of esters is 1. The van der Waals surface area contributed by atoms with Crippen molar-refractivity contribution in [1.82, 2.24) is 0 Å². The molecule has 0 atom stereocenters. The molecule has 0 radical (unpaired) electrons. The average molecular weight is 295 g/mol. The molecule has 110 valence electrons. The van der Waals surface area contributed by atoms with Gasteiger partial charge < -0.3 is 10.5 Å². The van der Waals surface area contributed by atoms with Crippen molar-refractivity contribution in [3.63, 3.8) is 0 Å². The number of carbonyl (C=O) groups is 1. The Balaban J connectivity index is 2.15. The number of ether oxygens (including phenoxy) is 1. The molecule has 0 aliphatic heterocycles. The average Bonchev–Trinajstić information content (AvgIpc) is 2.43. The first-order valence-corrected chi connectivity index (χ1v) is 6.05. The van der Waals surface area contributed by atoms with Gasteiger partial charge in [0.2, 0.25) is 0 Å². The predicted molar refractivity (Wildman–Crippen MR) is 71.0 cm³/mol. The number of anilines is 1. The van der Waals surface area contributed by atoms with Gasteiger partial charge in [-0.3, -0.25) is 0 Å². The number of halogens is 3. The zero-order chi connectivity index (χ0) is 15.6. The molecule has 0 aromatic heterocycles. The maximum Gasteiger partial charge on any atom is 0.340 e. The lowest BCUT2D eigenvalue weighted by atomic mass is 10.1. The number of aryl methyl sites for hydroxylation is 1. The van der Waals surface area contributed by atoms with E-state index in [4.69, 9.17) is 10.5 Å². The van der Waals surface area contributed by atoms with Crippen LogP contribution in [0.4, 0.5) is 18.9 Å². The van der Waals surface area contributed by atoms with Crippen molar-refractivity contribution in [3.05, 3.63) is 64.5 Å². The third-order valence-corrected chi connectivity index (χ3v) is 2.98. The van der Waals surface area contributed by atoms with Gasteiger partial charge in [-0.1, -0.05) is 6.07 Å². The summed E-state index contributed by atoms with van der Waals surface area (Å²) in [7, 11) is 0. The first-order chi connectivity index (χ1) is 9.88. The monoisotopic (exact) mass is 295 g/mol. The Kier molecular flexibility index (Phi) is 4.16. The van der Waals surface area contributed by atoms with E-state index in [1.54, 1.807) is 13.0 Å². The molecule has 3 nitrogen and oxygen atoms in total. The molecule has 0 aliphatic rings. The summed E-state index contributed by atoms with van der Waals surface area (Å²) in [6.45, 7) is 1.54. The maximum absolute atomic E-state index is 13.1. The van der Waals surface area contributed by atoms with Crippen LogP contribution in [-0.2, 0) is 11.3 Å². The van der Waals surface area contributed by atoms with Gasteiger partial charge in [0.1, 0.15) is 12.4 Å². The SMILES string of the molecule is Cc1ccc(F)cc1COC(=O)c1cc(F)c(F)cc1N. The van der Waals surface area contributed by atoms with Crippen molar-refractivity contribution in [2.45, 2.75) is 13.5 Å². The molecule has 0 unspecified atom stereocenters. The summed E-state index contributed by atoms with van der Waals surface area (Å²) in [5, 5.41) is 0. The molecule has 0 spiro atoms. The van der Waals surface area contributed by atoms with E-state index in [0.717, 1.165) is 5.56 Å². The minimum absolute atomic E-state index is 0.194.